The summed E-state index contributed by atoms with van der Waals surface area (Å²) in [7, 11) is -3.10. The van der Waals surface area contributed by atoms with Crippen LogP contribution in [0.4, 0.5) is 0 Å². The van der Waals surface area contributed by atoms with Crippen molar-refractivity contribution in [3.05, 3.63) is 0 Å². The Bertz CT molecular complexity index is 295. The minimum Gasteiger partial charge on any atom is -0.303 e. The molecule has 0 atom stereocenters. The number of rotatable bonds is 12. The van der Waals surface area contributed by atoms with Gasteiger partial charge in [-0.3, -0.25) is 0 Å². The Morgan fingerprint density at radius 3 is 1.84 bits per heavy atom. The van der Waals surface area contributed by atoms with Gasteiger partial charge < -0.3 is 4.90 Å². The highest BCUT2D eigenvalue weighted by molar-refractivity contribution is 7.90. The lowest BCUT2D eigenvalue weighted by molar-refractivity contribution is 0.262. The van der Waals surface area contributed by atoms with Crippen LogP contribution in [0.1, 0.15) is 59.8 Å². The predicted octanol–water partition coefficient (Wildman–Crippen LogP) is 2.61. The van der Waals surface area contributed by atoms with Crippen LogP contribution in [0.15, 0.2) is 0 Å². The lowest BCUT2D eigenvalue weighted by atomic mass is 10.2. The number of unbranched alkanes of at least 4 members (excludes halogenated alkanes) is 2. The molecule has 1 N–H and O–H groups in total. The molecule has 0 saturated carbocycles. The fourth-order valence-electron chi connectivity index (χ4n) is 1.78. The zero-order valence-corrected chi connectivity index (χ0v) is 13.9. The van der Waals surface area contributed by atoms with Gasteiger partial charge in [0.1, 0.15) is 0 Å². The van der Waals surface area contributed by atoms with Crippen molar-refractivity contribution in [3.63, 3.8) is 0 Å². The van der Waals surface area contributed by atoms with Crippen LogP contribution in [-0.4, -0.2) is 44.7 Å². The van der Waals surface area contributed by atoms with Crippen LogP contribution >= 0.6 is 0 Å². The Hall–Kier alpha value is -0.130. The minimum atomic E-state index is -3.10. The van der Waals surface area contributed by atoms with Crippen molar-refractivity contribution < 1.29 is 8.42 Å². The van der Waals surface area contributed by atoms with E-state index in [1.54, 1.807) is 13.8 Å². The lowest BCUT2D eigenvalue weighted by Gasteiger charge is -2.22. The fraction of sp³-hybridized carbons (Fsp3) is 1.00. The van der Waals surface area contributed by atoms with E-state index in [4.69, 9.17) is 0 Å². The Labute approximate surface area is 120 Å². The first-order valence-corrected chi connectivity index (χ1v) is 9.19. The van der Waals surface area contributed by atoms with Crippen LogP contribution in [0.5, 0.6) is 0 Å². The zero-order chi connectivity index (χ0) is 14.7. The van der Waals surface area contributed by atoms with E-state index in [9.17, 15) is 8.42 Å². The molecular weight excluding hydrogens is 260 g/mol. The Morgan fingerprint density at radius 2 is 1.42 bits per heavy atom. The van der Waals surface area contributed by atoms with Crippen molar-refractivity contribution in [1.29, 1.82) is 0 Å². The molecule has 0 amide bonds. The molecule has 0 aliphatic carbocycles. The van der Waals surface area contributed by atoms with E-state index in [1.165, 1.54) is 25.7 Å². The van der Waals surface area contributed by atoms with E-state index in [0.717, 1.165) is 26.1 Å². The standard InChI is InChI=1S/C14H32N2O2S/c1-5-7-11-16(12-8-6-2)13-9-10-15-19(17,18)14(3)4/h14-15H,5-13H2,1-4H3. The molecule has 0 spiro atoms. The van der Waals surface area contributed by atoms with Gasteiger partial charge in [0.05, 0.1) is 5.25 Å². The molecular formula is C14H32N2O2S. The molecule has 5 heteroatoms. The van der Waals surface area contributed by atoms with Crippen LogP contribution in [0.3, 0.4) is 0 Å². The summed E-state index contributed by atoms with van der Waals surface area (Å²) in [6.45, 7) is 11.6. The van der Waals surface area contributed by atoms with Crippen molar-refractivity contribution in [1.82, 2.24) is 9.62 Å². The quantitative estimate of drug-likeness (QED) is 0.563. The minimum absolute atomic E-state index is 0.344. The molecule has 0 bridgehead atoms. The van der Waals surface area contributed by atoms with Gasteiger partial charge >= 0.3 is 0 Å². The molecule has 0 heterocycles. The molecule has 116 valence electrons. The summed E-state index contributed by atoms with van der Waals surface area (Å²) in [5, 5.41) is -0.344. The Kier molecular flexibility index (Phi) is 10.6. The van der Waals surface area contributed by atoms with Crippen molar-refractivity contribution >= 4 is 10.0 Å². The molecule has 0 saturated heterocycles. The molecule has 0 fully saturated rings. The molecule has 0 rings (SSSR count). The molecule has 0 aromatic heterocycles. The van der Waals surface area contributed by atoms with Crippen LogP contribution in [-0.2, 0) is 10.0 Å². The third-order valence-electron chi connectivity index (χ3n) is 3.23. The van der Waals surface area contributed by atoms with E-state index >= 15 is 0 Å². The number of nitrogens with zero attached hydrogens (tertiary/aromatic N) is 1. The summed E-state index contributed by atoms with van der Waals surface area (Å²) in [4.78, 5) is 2.46. The molecule has 4 nitrogen and oxygen atoms in total. The van der Waals surface area contributed by atoms with Gasteiger partial charge in [-0.15, -0.1) is 0 Å². The van der Waals surface area contributed by atoms with Gasteiger partial charge in [0.15, 0.2) is 0 Å². The smallest absolute Gasteiger partial charge is 0.213 e. The molecule has 0 aliphatic heterocycles. The van der Waals surface area contributed by atoms with E-state index in [-0.39, 0.29) is 5.25 Å². The second kappa shape index (κ2) is 10.6. The highest BCUT2D eigenvalue weighted by atomic mass is 32.2. The normalized spacial score (nSPS) is 12.5. The third kappa shape index (κ3) is 9.41. The summed E-state index contributed by atoms with van der Waals surface area (Å²) < 4.78 is 25.9. The second-order valence-electron chi connectivity index (χ2n) is 5.39. The maximum atomic E-state index is 11.6. The van der Waals surface area contributed by atoms with Crippen molar-refractivity contribution in [3.8, 4) is 0 Å². The van der Waals surface area contributed by atoms with Gasteiger partial charge in [0.25, 0.3) is 0 Å². The van der Waals surface area contributed by atoms with Crippen LogP contribution in [0.2, 0.25) is 0 Å². The van der Waals surface area contributed by atoms with Gasteiger partial charge in [-0.2, -0.15) is 0 Å². The van der Waals surface area contributed by atoms with Gasteiger partial charge in [-0.1, -0.05) is 26.7 Å². The SMILES string of the molecule is CCCCN(CCCC)CCCNS(=O)(=O)C(C)C. The first-order valence-electron chi connectivity index (χ1n) is 7.64. The molecule has 0 aromatic carbocycles. The average Bonchev–Trinajstić information content (AvgIpc) is 2.36. The van der Waals surface area contributed by atoms with E-state index < -0.39 is 10.0 Å². The summed E-state index contributed by atoms with van der Waals surface area (Å²) in [5.41, 5.74) is 0. The molecule has 19 heavy (non-hydrogen) atoms. The lowest BCUT2D eigenvalue weighted by Crippen LogP contribution is -2.34. The fourth-order valence-corrected chi connectivity index (χ4v) is 2.54. The van der Waals surface area contributed by atoms with Gasteiger partial charge in [-0.25, -0.2) is 13.1 Å². The maximum absolute atomic E-state index is 11.6. The summed E-state index contributed by atoms with van der Waals surface area (Å²) in [6, 6.07) is 0. The Morgan fingerprint density at radius 1 is 0.947 bits per heavy atom. The van der Waals surface area contributed by atoms with Gasteiger partial charge in [0, 0.05) is 6.54 Å². The number of nitrogens with one attached hydrogen (secondary N) is 1. The summed E-state index contributed by atoms with van der Waals surface area (Å²) >= 11 is 0. The molecule has 0 unspecified atom stereocenters. The largest absolute Gasteiger partial charge is 0.303 e. The second-order valence-corrected chi connectivity index (χ2v) is 7.71. The third-order valence-corrected chi connectivity index (χ3v) is 5.08. The van der Waals surface area contributed by atoms with Crippen LogP contribution < -0.4 is 4.72 Å². The molecule has 0 radical (unpaired) electrons. The molecule has 0 aliphatic rings. The number of hydrogen-bond donors (Lipinski definition) is 1. The number of hydrogen-bond acceptors (Lipinski definition) is 3. The van der Waals surface area contributed by atoms with Crippen molar-refractivity contribution in [2.75, 3.05) is 26.2 Å². The first kappa shape index (κ1) is 18.9. The monoisotopic (exact) mass is 292 g/mol. The van der Waals surface area contributed by atoms with E-state index in [1.807, 2.05) is 0 Å². The highest BCUT2D eigenvalue weighted by Crippen LogP contribution is 2.01. The van der Waals surface area contributed by atoms with Crippen molar-refractivity contribution in [2.24, 2.45) is 0 Å². The maximum Gasteiger partial charge on any atom is 0.213 e. The van der Waals surface area contributed by atoms with E-state index in [2.05, 4.69) is 23.5 Å². The zero-order valence-electron chi connectivity index (χ0n) is 13.1. The van der Waals surface area contributed by atoms with Gasteiger partial charge in [0.2, 0.25) is 10.0 Å². The average molecular weight is 292 g/mol. The van der Waals surface area contributed by atoms with Crippen LogP contribution in [0.25, 0.3) is 0 Å². The number of sulfonamides is 1. The van der Waals surface area contributed by atoms with E-state index in [0.29, 0.717) is 6.54 Å². The first-order chi connectivity index (χ1) is 8.94. The van der Waals surface area contributed by atoms with Gasteiger partial charge in [-0.05, 0) is 52.7 Å². The summed E-state index contributed by atoms with van der Waals surface area (Å²) in [6.07, 6.45) is 5.76. The van der Waals surface area contributed by atoms with Crippen LogP contribution in [0, 0.1) is 0 Å². The summed E-state index contributed by atoms with van der Waals surface area (Å²) in [5.74, 6) is 0. The van der Waals surface area contributed by atoms with Crippen molar-refractivity contribution in [2.45, 2.75) is 65.0 Å². The molecule has 0 aromatic rings. The Balaban J connectivity index is 3.91. The highest BCUT2D eigenvalue weighted by Gasteiger charge is 2.14. The topological polar surface area (TPSA) is 49.4 Å². The predicted molar refractivity (Wildman–Crippen MR) is 82.9 cm³/mol.